The van der Waals surface area contributed by atoms with Crippen molar-refractivity contribution in [3.05, 3.63) is 0 Å². The van der Waals surface area contributed by atoms with Crippen LogP contribution in [0.5, 0.6) is 0 Å². The lowest BCUT2D eigenvalue weighted by molar-refractivity contribution is -0.360. The van der Waals surface area contributed by atoms with Crippen molar-refractivity contribution in [2.75, 3.05) is 27.4 Å². The smallest absolute Gasteiger partial charge is 0.309 e. The van der Waals surface area contributed by atoms with Gasteiger partial charge in [0.2, 0.25) is 0 Å². The molecule has 23 heteroatoms. The third-order valence-corrected chi connectivity index (χ3v) is 20.1. The highest BCUT2D eigenvalue weighted by molar-refractivity contribution is 5.72. The molecular formula is C54H90O23. The number of ether oxygens (including phenoxy) is 12. The maximum Gasteiger partial charge on any atom is 0.309 e. The third-order valence-electron chi connectivity index (χ3n) is 20.1. The van der Waals surface area contributed by atoms with Crippen molar-refractivity contribution >= 4 is 11.9 Å². The average molecular weight is 1110 g/mol. The van der Waals surface area contributed by atoms with E-state index in [9.17, 15) is 55.5 Å². The molecule has 23 nitrogen and oxygen atoms in total. The van der Waals surface area contributed by atoms with Crippen molar-refractivity contribution in [2.24, 2.45) is 34.5 Å². The summed E-state index contributed by atoms with van der Waals surface area (Å²) in [6, 6.07) is 0. The van der Waals surface area contributed by atoms with E-state index in [1.54, 1.807) is 27.9 Å². The molecule has 4 saturated heterocycles. The summed E-state index contributed by atoms with van der Waals surface area (Å²) in [7, 11) is 3.09. The molecule has 0 spiro atoms. The maximum atomic E-state index is 13.1. The predicted molar refractivity (Wildman–Crippen MR) is 265 cm³/mol. The Labute approximate surface area is 451 Å². The van der Waals surface area contributed by atoms with Crippen molar-refractivity contribution in [2.45, 2.75) is 266 Å². The summed E-state index contributed by atoms with van der Waals surface area (Å²) in [5.41, 5.74) is -4.56. The lowest BCUT2D eigenvalue weighted by Gasteiger charge is -2.66. The van der Waals surface area contributed by atoms with Crippen LogP contribution in [0.25, 0.3) is 0 Å². The Hall–Kier alpha value is -1.82. The molecule has 2 unspecified atom stereocenters. The molecule has 4 saturated carbocycles. The Morgan fingerprint density at radius 2 is 1.26 bits per heavy atom. The highest BCUT2D eigenvalue weighted by Crippen LogP contribution is 2.71. The van der Waals surface area contributed by atoms with E-state index >= 15 is 0 Å². The zero-order valence-electron chi connectivity index (χ0n) is 46.4. The largest absolute Gasteiger partial charge is 0.462 e. The fourth-order valence-electron chi connectivity index (χ4n) is 15.0. The van der Waals surface area contributed by atoms with E-state index in [-0.39, 0.29) is 54.5 Å². The first kappa shape index (κ1) is 61.3. The van der Waals surface area contributed by atoms with Crippen LogP contribution >= 0.6 is 0 Å². The fourth-order valence-corrected chi connectivity index (χ4v) is 15.0. The average Bonchev–Trinajstić information content (AvgIpc) is 3.89. The van der Waals surface area contributed by atoms with E-state index in [2.05, 4.69) is 6.92 Å². The van der Waals surface area contributed by atoms with Gasteiger partial charge in [-0.1, -0.05) is 27.7 Å². The van der Waals surface area contributed by atoms with E-state index in [0.29, 0.717) is 25.7 Å². The molecule has 0 radical (unpaired) electrons. The summed E-state index contributed by atoms with van der Waals surface area (Å²) in [6.45, 7) is 13.3. The highest BCUT2D eigenvalue weighted by atomic mass is 16.8. The number of methoxy groups -OCH3 is 2. The predicted octanol–water partition coefficient (Wildman–Crippen LogP) is 0.474. The molecule has 0 aromatic carbocycles. The topological polar surface area (TPSA) is 327 Å². The number of fused-ring (bicyclic) bond motifs is 5. The van der Waals surface area contributed by atoms with Gasteiger partial charge in [-0.25, -0.2) is 0 Å². The minimum Gasteiger partial charge on any atom is -0.462 e. The van der Waals surface area contributed by atoms with Gasteiger partial charge in [-0.15, -0.1) is 0 Å². The Bertz CT molecular complexity index is 1990. The number of hydrogen-bond acceptors (Lipinski definition) is 23. The molecule has 8 rings (SSSR count). The first-order chi connectivity index (χ1) is 36.3. The molecule has 4 aliphatic heterocycles. The summed E-state index contributed by atoms with van der Waals surface area (Å²) >= 11 is 0. The molecule has 8 fully saturated rings. The van der Waals surface area contributed by atoms with Crippen LogP contribution in [0.2, 0.25) is 0 Å². The van der Waals surface area contributed by atoms with E-state index < -0.39 is 165 Å². The number of esters is 2. The quantitative estimate of drug-likeness (QED) is 0.0706. The fraction of sp³-hybridized carbons (Fsp3) is 0.963. The molecule has 77 heavy (non-hydrogen) atoms. The third kappa shape index (κ3) is 11.3. The number of rotatable bonds is 17. The van der Waals surface area contributed by atoms with Crippen LogP contribution in [-0.4, -0.2) is 225 Å². The van der Waals surface area contributed by atoms with Crippen molar-refractivity contribution < 1.29 is 112 Å². The summed E-state index contributed by atoms with van der Waals surface area (Å²) < 4.78 is 73.2. The Morgan fingerprint density at radius 3 is 1.86 bits per heavy atom. The molecule has 9 N–H and O–H groups in total. The van der Waals surface area contributed by atoms with E-state index in [1.807, 2.05) is 20.8 Å². The standard InChI is InChI=1S/C54H90O23/c1-11-24(2)48(63)71-27(5)53(64)16-17-54(65)31-13-12-29-18-30(14-15-51(29,7)32(31)19-37(52(53,54)8)72-28(6)56)73-38-20-33(66-9)46(25(3)69-38)76-39-21-34(67-10)47(26(4)70-39)77-50-45(62)43(60)41(58)36(75-50)23-68-49-44(61)42(59)40(57)35(22-55)74-49/h24-27,29-47,49-50,55,57-62,64-65H,11-23H2,1-10H3/t24?,25-,26-,27?,29+,30+,31-,32+,33+,34-,35-,36-,37-,38+,39+,40-,41-,42+,43+,44-,45-,46-,47-,49-,50+,51+,52-,53-,54+/m1/s1. The Morgan fingerprint density at radius 1 is 0.675 bits per heavy atom. The number of carbonyl (C=O) groups excluding carboxylic acids is 2. The van der Waals surface area contributed by atoms with Crippen LogP contribution in [0, 0.1) is 34.5 Å². The summed E-state index contributed by atoms with van der Waals surface area (Å²) in [6.07, 6.45) is -17.1. The van der Waals surface area contributed by atoms with Crippen molar-refractivity contribution in [3.63, 3.8) is 0 Å². The van der Waals surface area contributed by atoms with Gasteiger partial charge in [0.25, 0.3) is 0 Å². The second-order valence-corrected chi connectivity index (χ2v) is 24.1. The minimum atomic E-state index is -1.76. The van der Waals surface area contributed by atoms with Crippen molar-refractivity contribution in [1.29, 1.82) is 0 Å². The SMILES string of the molecule is CCC(C)C(=O)OC(C)[C@]1(O)CC[C@]2(O)[C@@H]3CC[C@H]4C[C@@H](O[C@H]5C[C@H](OC)[C@H](O[C@H]6C[C@@H](OC)[C@H](O[C@@H]7O[C@H](CO[C@@H]8O[C@H](CO)[C@@H](O)[C@H](O)[C@H]8O)[C@@H](O)[C@H](O)[C@H]7O)[C@@H](C)O6)[C@@H](C)O5)CC[C@]4(C)[C@H]3C[C@@H](OC(C)=O)[C@]12C. The first-order valence-electron chi connectivity index (χ1n) is 28.1. The van der Waals surface area contributed by atoms with Crippen LogP contribution in [0.1, 0.15) is 126 Å². The monoisotopic (exact) mass is 1110 g/mol. The molecule has 4 heterocycles. The maximum absolute atomic E-state index is 13.1. The molecule has 444 valence electrons. The van der Waals surface area contributed by atoms with Gasteiger partial charge < -0.3 is 103 Å². The van der Waals surface area contributed by atoms with Crippen LogP contribution in [0.15, 0.2) is 0 Å². The summed E-state index contributed by atoms with van der Waals surface area (Å²) in [4.78, 5) is 25.8. The second-order valence-electron chi connectivity index (χ2n) is 24.1. The molecule has 0 bridgehead atoms. The number of aliphatic hydroxyl groups excluding tert-OH is 7. The van der Waals surface area contributed by atoms with Gasteiger partial charge in [0.1, 0.15) is 78.8 Å². The zero-order chi connectivity index (χ0) is 56.3. The summed E-state index contributed by atoms with van der Waals surface area (Å²) in [5.74, 6) is -1.23. The van der Waals surface area contributed by atoms with Crippen molar-refractivity contribution in [3.8, 4) is 0 Å². The van der Waals surface area contributed by atoms with Crippen molar-refractivity contribution in [1.82, 2.24) is 0 Å². The summed E-state index contributed by atoms with van der Waals surface area (Å²) in [5, 5.41) is 98.6. The van der Waals surface area contributed by atoms with Gasteiger partial charge in [-0.2, -0.15) is 0 Å². The van der Waals surface area contributed by atoms with Gasteiger partial charge in [0.05, 0.1) is 60.7 Å². The van der Waals surface area contributed by atoms with E-state index in [0.717, 1.165) is 25.7 Å². The lowest BCUT2D eigenvalue weighted by atomic mass is 9.42. The molecular weight excluding hydrogens is 1020 g/mol. The zero-order valence-corrected chi connectivity index (χ0v) is 46.4. The second kappa shape index (κ2) is 24.2. The molecule has 4 aliphatic carbocycles. The van der Waals surface area contributed by atoms with Crippen LogP contribution < -0.4 is 0 Å². The number of carbonyl (C=O) groups is 2. The van der Waals surface area contributed by atoms with Gasteiger partial charge in [0, 0.05) is 34.0 Å². The molecule has 8 aliphatic rings. The van der Waals surface area contributed by atoms with Gasteiger partial charge in [0.15, 0.2) is 25.2 Å². The lowest BCUT2D eigenvalue weighted by Crippen LogP contribution is -2.72. The molecule has 0 amide bonds. The van der Waals surface area contributed by atoms with Crippen LogP contribution in [0.3, 0.4) is 0 Å². The van der Waals surface area contributed by atoms with E-state index in [1.165, 1.54) is 14.0 Å². The molecule has 29 atom stereocenters. The van der Waals surface area contributed by atoms with Crippen LogP contribution in [0.4, 0.5) is 0 Å². The van der Waals surface area contributed by atoms with Gasteiger partial charge in [-0.3, -0.25) is 9.59 Å². The minimum absolute atomic E-state index is 0.0154. The Balaban J connectivity index is 0.857. The van der Waals surface area contributed by atoms with Crippen LogP contribution in [-0.2, 0) is 66.4 Å². The van der Waals surface area contributed by atoms with Gasteiger partial charge in [-0.05, 0) is 102 Å². The number of aliphatic hydroxyl groups is 9. The highest BCUT2D eigenvalue weighted by Gasteiger charge is 2.77. The molecule has 0 aromatic heterocycles. The normalized spacial score (nSPS) is 50.9. The number of hydrogen-bond donors (Lipinski definition) is 9. The molecule has 0 aromatic rings. The first-order valence-corrected chi connectivity index (χ1v) is 28.1. The van der Waals surface area contributed by atoms with Gasteiger partial charge >= 0.3 is 11.9 Å². The van der Waals surface area contributed by atoms with E-state index in [4.69, 9.17) is 56.8 Å². The Kier molecular flexibility index (Phi) is 19.2.